The summed E-state index contributed by atoms with van der Waals surface area (Å²) in [6.07, 6.45) is 0.986. The number of guanidine groups is 1. The zero-order chi connectivity index (χ0) is 21.1. The first-order valence-electron chi connectivity index (χ1n) is 10.0. The van der Waals surface area contributed by atoms with Gasteiger partial charge in [-0.25, -0.2) is 0 Å². The molecule has 0 radical (unpaired) electrons. The zero-order valence-corrected chi connectivity index (χ0v) is 17.8. The van der Waals surface area contributed by atoms with Gasteiger partial charge in [0.15, 0.2) is 5.96 Å². The van der Waals surface area contributed by atoms with Crippen LogP contribution in [0.1, 0.15) is 47.7 Å². The summed E-state index contributed by atoms with van der Waals surface area (Å²) in [6.45, 7) is 6.15. The van der Waals surface area contributed by atoms with Gasteiger partial charge in [0.25, 0.3) is 5.91 Å². The molecule has 0 bridgehead atoms. The molecule has 0 aliphatic rings. The smallest absolute Gasteiger partial charge is 0.251 e. The molecule has 0 saturated carbocycles. The SMILES string of the molecule is CCNC(=O)c1cccc(CNC(=NC)NCCC(C)c2ccc(OC)cc2)c1. The van der Waals surface area contributed by atoms with Crippen molar-refractivity contribution in [2.45, 2.75) is 32.7 Å². The van der Waals surface area contributed by atoms with E-state index in [1.165, 1.54) is 5.56 Å². The van der Waals surface area contributed by atoms with Gasteiger partial charge < -0.3 is 20.7 Å². The first-order valence-corrected chi connectivity index (χ1v) is 10.0. The first-order chi connectivity index (χ1) is 14.1. The van der Waals surface area contributed by atoms with Gasteiger partial charge in [-0.3, -0.25) is 9.79 Å². The van der Waals surface area contributed by atoms with Gasteiger partial charge in [-0.2, -0.15) is 0 Å². The second-order valence-electron chi connectivity index (χ2n) is 6.88. The van der Waals surface area contributed by atoms with Gasteiger partial charge in [0.05, 0.1) is 7.11 Å². The Morgan fingerprint density at radius 2 is 1.86 bits per heavy atom. The second-order valence-corrected chi connectivity index (χ2v) is 6.88. The number of amides is 1. The Balaban J connectivity index is 1.80. The van der Waals surface area contributed by atoms with E-state index in [0.29, 0.717) is 24.6 Å². The van der Waals surface area contributed by atoms with E-state index >= 15 is 0 Å². The van der Waals surface area contributed by atoms with Crippen molar-refractivity contribution in [1.29, 1.82) is 0 Å². The minimum Gasteiger partial charge on any atom is -0.497 e. The number of hydrogen-bond donors (Lipinski definition) is 3. The third kappa shape index (κ3) is 7.14. The van der Waals surface area contributed by atoms with Crippen molar-refractivity contribution in [1.82, 2.24) is 16.0 Å². The van der Waals surface area contributed by atoms with Crippen molar-refractivity contribution in [3.05, 3.63) is 65.2 Å². The molecule has 0 aromatic heterocycles. The van der Waals surface area contributed by atoms with Crippen LogP contribution >= 0.6 is 0 Å². The molecule has 2 aromatic rings. The third-order valence-corrected chi connectivity index (χ3v) is 4.76. The maximum atomic E-state index is 12.0. The topological polar surface area (TPSA) is 74.8 Å². The van der Waals surface area contributed by atoms with E-state index < -0.39 is 0 Å². The molecule has 6 heteroatoms. The number of hydrogen-bond acceptors (Lipinski definition) is 3. The summed E-state index contributed by atoms with van der Waals surface area (Å²) in [5.74, 6) is 2.00. The number of benzene rings is 2. The molecule has 6 nitrogen and oxygen atoms in total. The van der Waals surface area contributed by atoms with Crippen LogP contribution in [0.25, 0.3) is 0 Å². The lowest BCUT2D eigenvalue weighted by atomic mass is 9.98. The van der Waals surface area contributed by atoms with Gasteiger partial charge in [-0.05, 0) is 54.7 Å². The lowest BCUT2D eigenvalue weighted by molar-refractivity contribution is 0.0955. The molecule has 1 unspecified atom stereocenters. The van der Waals surface area contributed by atoms with Crippen molar-refractivity contribution in [2.75, 3.05) is 27.2 Å². The summed E-state index contributed by atoms with van der Waals surface area (Å²) in [5.41, 5.74) is 2.99. The highest BCUT2D eigenvalue weighted by atomic mass is 16.5. The lowest BCUT2D eigenvalue weighted by Crippen LogP contribution is -2.37. The maximum Gasteiger partial charge on any atom is 0.251 e. The van der Waals surface area contributed by atoms with Crippen LogP contribution in [0.15, 0.2) is 53.5 Å². The number of nitrogens with one attached hydrogen (secondary N) is 3. The van der Waals surface area contributed by atoms with Gasteiger partial charge in [-0.15, -0.1) is 0 Å². The van der Waals surface area contributed by atoms with E-state index in [2.05, 4.69) is 40.0 Å². The predicted molar refractivity (Wildman–Crippen MR) is 119 cm³/mol. The van der Waals surface area contributed by atoms with Crippen LogP contribution in [-0.4, -0.2) is 39.1 Å². The largest absolute Gasteiger partial charge is 0.497 e. The highest BCUT2D eigenvalue weighted by Gasteiger charge is 2.07. The number of ether oxygens (including phenoxy) is 1. The Bertz CT molecular complexity index is 803. The summed E-state index contributed by atoms with van der Waals surface area (Å²) in [7, 11) is 3.44. The molecular formula is C23H32N4O2. The van der Waals surface area contributed by atoms with Crippen molar-refractivity contribution in [3.8, 4) is 5.75 Å². The Morgan fingerprint density at radius 3 is 2.52 bits per heavy atom. The highest BCUT2D eigenvalue weighted by molar-refractivity contribution is 5.94. The highest BCUT2D eigenvalue weighted by Crippen LogP contribution is 2.21. The molecule has 0 spiro atoms. The average molecular weight is 397 g/mol. The summed E-state index contributed by atoms with van der Waals surface area (Å²) in [4.78, 5) is 16.3. The Kier molecular flexibility index (Phi) is 9.02. The molecule has 1 atom stereocenters. The molecule has 0 aliphatic carbocycles. The number of nitrogens with zero attached hydrogens (tertiary/aromatic N) is 1. The second kappa shape index (κ2) is 11.7. The van der Waals surface area contributed by atoms with E-state index in [1.54, 1.807) is 14.2 Å². The van der Waals surface area contributed by atoms with Crippen LogP contribution in [0.3, 0.4) is 0 Å². The van der Waals surface area contributed by atoms with Crippen molar-refractivity contribution in [3.63, 3.8) is 0 Å². The quantitative estimate of drug-likeness (QED) is 0.449. The fourth-order valence-electron chi connectivity index (χ4n) is 3.00. The van der Waals surface area contributed by atoms with Crippen LogP contribution in [0, 0.1) is 0 Å². The third-order valence-electron chi connectivity index (χ3n) is 4.76. The molecule has 1 amide bonds. The van der Waals surface area contributed by atoms with Gasteiger partial charge >= 0.3 is 0 Å². The van der Waals surface area contributed by atoms with Crippen LogP contribution in [0.5, 0.6) is 5.75 Å². The van der Waals surface area contributed by atoms with Crippen molar-refractivity contribution in [2.24, 2.45) is 4.99 Å². The molecule has 0 fully saturated rings. The van der Waals surface area contributed by atoms with E-state index in [9.17, 15) is 4.79 Å². The zero-order valence-electron chi connectivity index (χ0n) is 17.8. The van der Waals surface area contributed by atoms with E-state index in [-0.39, 0.29) is 5.91 Å². The number of carbonyl (C=O) groups excluding carboxylic acids is 1. The maximum absolute atomic E-state index is 12.0. The summed E-state index contributed by atoms with van der Waals surface area (Å²) < 4.78 is 5.21. The lowest BCUT2D eigenvalue weighted by Gasteiger charge is -2.16. The van der Waals surface area contributed by atoms with Crippen LogP contribution < -0.4 is 20.7 Å². The first kappa shape index (κ1) is 22.3. The fourth-order valence-corrected chi connectivity index (χ4v) is 3.00. The fraction of sp³-hybridized carbons (Fsp3) is 0.391. The Morgan fingerprint density at radius 1 is 1.10 bits per heavy atom. The molecule has 2 rings (SSSR count). The monoisotopic (exact) mass is 396 g/mol. The number of methoxy groups -OCH3 is 1. The number of aliphatic imine (C=N–C) groups is 1. The molecule has 3 N–H and O–H groups in total. The van der Waals surface area contributed by atoms with Crippen LogP contribution in [-0.2, 0) is 6.54 Å². The molecule has 0 saturated heterocycles. The number of rotatable bonds is 9. The van der Waals surface area contributed by atoms with Gasteiger partial charge in [0.2, 0.25) is 0 Å². The van der Waals surface area contributed by atoms with Crippen LogP contribution in [0.4, 0.5) is 0 Å². The minimum atomic E-state index is -0.0515. The molecule has 0 aliphatic heterocycles. The summed E-state index contributed by atoms with van der Waals surface area (Å²) in [6, 6.07) is 15.8. The van der Waals surface area contributed by atoms with E-state index in [4.69, 9.17) is 4.74 Å². The summed E-state index contributed by atoms with van der Waals surface area (Å²) >= 11 is 0. The molecule has 0 heterocycles. The van der Waals surface area contributed by atoms with Crippen molar-refractivity contribution >= 4 is 11.9 Å². The summed E-state index contributed by atoms with van der Waals surface area (Å²) in [5, 5.41) is 9.48. The molecule has 2 aromatic carbocycles. The predicted octanol–water partition coefficient (Wildman–Crippen LogP) is 3.30. The van der Waals surface area contributed by atoms with Crippen LogP contribution in [0.2, 0.25) is 0 Å². The Hall–Kier alpha value is -3.02. The van der Waals surface area contributed by atoms with E-state index in [1.807, 2.05) is 43.3 Å². The molecular weight excluding hydrogens is 364 g/mol. The van der Waals surface area contributed by atoms with Gasteiger partial charge in [0, 0.05) is 32.2 Å². The Labute approximate surface area is 173 Å². The minimum absolute atomic E-state index is 0.0515. The molecule has 29 heavy (non-hydrogen) atoms. The van der Waals surface area contributed by atoms with Crippen molar-refractivity contribution < 1.29 is 9.53 Å². The normalized spacial score (nSPS) is 12.2. The standard InChI is InChI=1S/C23H32N4O2/c1-5-25-22(28)20-8-6-7-18(15-20)16-27-23(24-3)26-14-13-17(2)19-9-11-21(29-4)12-10-19/h6-12,15,17H,5,13-14,16H2,1-4H3,(H,25,28)(H2,24,26,27). The van der Waals surface area contributed by atoms with E-state index in [0.717, 1.165) is 30.2 Å². The average Bonchev–Trinajstić information content (AvgIpc) is 2.76. The number of carbonyl (C=O) groups is 1. The van der Waals surface area contributed by atoms with Gasteiger partial charge in [0.1, 0.15) is 5.75 Å². The molecule has 156 valence electrons. The van der Waals surface area contributed by atoms with Gasteiger partial charge in [-0.1, -0.05) is 31.2 Å².